The lowest BCUT2D eigenvalue weighted by Gasteiger charge is -2.27. The Labute approximate surface area is 121 Å². The Morgan fingerprint density at radius 1 is 1.48 bits per heavy atom. The van der Waals surface area contributed by atoms with Gasteiger partial charge in [0.2, 0.25) is 0 Å². The van der Waals surface area contributed by atoms with E-state index in [2.05, 4.69) is 10.8 Å². The number of aliphatic hydroxyl groups excluding tert-OH is 1. The largest absolute Gasteiger partial charge is 0.573 e. The molecule has 114 valence electrons. The number of nitrogens with zero attached hydrogens (tertiary/aromatic N) is 1. The fraction of sp³-hybridized carbons (Fsp3) is 0.533. The van der Waals surface area contributed by atoms with Gasteiger partial charge in [-0.15, -0.1) is 13.2 Å². The van der Waals surface area contributed by atoms with Gasteiger partial charge in [0.15, 0.2) is 0 Å². The molecule has 3 unspecified atom stereocenters. The van der Waals surface area contributed by atoms with Crippen LogP contribution in [0.5, 0.6) is 5.75 Å². The van der Waals surface area contributed by atoms with Crippen LogP contribution in [0.15, 0.2) is 24.3 Å². The van der Waals surface area contributed by atoms with Gasteiger partial charge in [-0.3, -0.25) is 0 Å². The minimum atomic E-state index is -4.78. The summed E-state index contributed by atoms with van der Waals surface area (Å²) in [6.45, 7) is 2.00. The number of halogens is 3. The first-order valence-corrected chi connectivity index (χ1v) is 6.71. The number of hydrogen-bond acceptors (Lipinski definition) is 3. The highest BCUT2D eigenvalue weighted by atomic mass is 19.4. The number of aliphatic hydroxyl groups is 1. The van der Waals surface area contributed by atoms with Crippen molar-refractivity contribution in [3.05, 3.63) is 29.8 Å². The highest BCUT2D eigenvalue weighted by Gasteiger charge is 2.44. The summed E-state index contributed by atoms with van der Waals surface area (Å²) in [6.07, 6.45) is -4.00. The minimum Gasteiger partial charge on any atom is -0.406 e. The Hall–Kier alpha value is -1.74. The van der Waals surface area contributed by atoms with Crippen molar-refractivity contribution in [2.45, 2.75) is 38.7 Å². The average Bonchev–Trinajstić information content (AvgIpc) is 2.79. The predicted molar refractivity (Wildman–Crippen MR) is 69.1 cm³/mol. The second kappa shape index (κ2) is 5.57. The molecule has 1 fully saturated rings. The monoisotopic (exact) mass is 299 g/mol. The maximum absolute atomic E-state index is 12.2. The molecule has 1 aromatic rings. The smallest absolute Gasteiger partial charge is 0.406 e. The number of rotatable bonds is 3. The fourth-order valence-electron chi connectivity index (χ4n) is 2.94. The van der Waals surface area contributed by atoms with E-state index in [1.54, 1.807) is 0 Å². The minimum absolute atomic E-state index is 0.271. The first-order valence-electron chi connectivity index (χ1n) is 6.71. The quantitative estimate of drug-likeness (QED) is 0.919. The Kier molecular flexibility index (Phi) is 4.15. The molecule has 3 atom stereocenters. The van der Waals surface area contributed by atoms with Crippen molar-refractivity contribution in [1.82, 2.24) is 0 Å². The number of hydrogen-bond donors (Lipinski definition) is 1. The molecule has 0 bridgehead atoms. The van der Waals surface area contributed by atoms with Crippen molar-refractivity contribution in [3.63, 3.8) is 0 Å². The first kappa shape index (κ1) is 15.6. The molecule has 0 amide bonds. The molecule has 0 radical (unpaired) electrons. The normalized spacial score (nSPS) is 27.1. The lowest BCUT2D eigenvalue weighted by atomic mass is 9.78. The third kappa shape index (κ3) is 3.48. The molecule has 0 aromatic heterocycles. The first-order chi connectivity index (χ1) is 9.76. The molecular weight excluding hydrogens is 283 g/mol. The van der Waals surface area contributed by atoms with Crippen LogP contribution in [0.3, 0.4) is 0 Å². The summed E-state index contributed by atoms with van der Waals surface area (Å²) in [7, 11) is 0. The zero-order valence-corrected chi connectivity index (χ0v) is 11.5. The highest BCUT2D eigenvalue weighted by molar-refractivity contribution is 5.32. The molecular formula is C15H16F3NO2. The second-order valence-electron chi connectivity index (χ2n) is 5.64. The number of benzene rings is 1. The Morgan fingerprint density at radius 2 is 2.19 bits per heavy atom. The van der Waals surface area contributed by atoms with E-state index < -0.39 is 23.6 Å². The van der Waals surface area contributed by atoms with Crippen molar-refractivity contribution in [2.75, 3.05) is 0 Å². The molecule has 1 saturated carbocycles. The van der Waals surface area contributed by atoms with E-state index in [1.807, 2.05) is 6.92 Å². The molecule has 0 spiro atoms. The standard InChI is InChI=1S/C15H16F3NO2/c1-10-5-6-14(8-10,9-19)13(20)11-3-2-4-12(7-11)21-15(16,17)18/h2-4,7,10,13,20H,5-6,8H2,1H3. The summed E-state index contributed by atoms with van der Waals surface area (Å²) in [5.41, 5.74) is -0.664. The third-order valence-corrected chi connectivity index (χ3v) is 3.95. The van der Waals surface area contributed by atoms with Crippen LogP contribution in [0, 0.1) is 22.7 Å². The zero-order valence-electron chi connectivity index (χ0n) is 11.5. The zero-order chi connectivity index (χ0) is 15.7. The molecule has 0 saturated heterocycles. The van der Waals surface area contributed by atoms with E-state index in [4.69, 9.17) is 0 Å². The molecule has 0 aliphatic heterocycles. The van der Waals surface area contributed by atoms with Crippen molar-refractivity contribution >= 4 is 0 Å². The van der Waals surface area contributed by atoms with Crippen LogP contribution < -0.4 is 4.74 Å². The lowest BCUT2D eigenvalue weighted by molar-refractivity contribution is -0.274. The Balaban J connectivity index is 2.25. The molecule has 1 N–H and O–H groups in total. The Morgan fingerprint density at radius 3 is 2.71 bits per heavy atom. The van der Waals surface area contributed by atoms with Crippen LogP contribution in [-0.4, -0.2) is 11.5 Å². The highest BCUT2D eigenvalue weighted by Crippen LogP contribution is 2.49. The number of ether oxygens (including phenoxy) is 1. The van der Waals surface area contributed by atoms with E-state index in [0.717, 1.165) is 12.5 Å². The molecule has 1 aliphatic rings. The SMILES string of the molecule is CC1CCC(C#N)(C(O)c2cccc(OC(F)(F)F)c2)C1. The molecule has 1 aromatic carbocycles. The average molecular weight is 299 g/mol. The van der Waals surface area contributed by atoms with Gasteiger partial charge in [-0.2, -0.15) is 5.26 Å². The molecule has 1 aliphatic carbocycles. The van der Waals surface area contributed by atoms with Gasteiger partial charge >= 0.3 is 6.36 Å². The molecule has 2 rings (SSSR count). The molecule has 0 heterocycles. The summed E-state index contributed by atoms with van der Waals surface area (Å²) >= 11 is 0. The van der Waals surface area contributed by atoms with Crippen LogP contribution >= 0.6 is 0 Å². The predicted octanol–water partition coefficient (Wildman–Crippen LogP) is 3.95. The second-order valence-corrected chi connectivity index (χ2v) is 5.64. The van der Waals surface area contributed by atoms with E-state index in [9.17, 15) is 23.5 Å². The topological polar surface area (TPSA) is 53.2 Å². The summed E-state index contributed by atoms with van der Waals surface area (Å²) < 4.78 is 40.5. The summed E-state index contributed by atoms with van der Waals surface area (Å²) in [6, 6.07) is 7.35. The van der Waals surface area contributed by atoms with E-state index in [-0.39, 0.29) is 5.56 Å². The van der Waals surface area contributed by atoms with Gasteiger partial charge in [-0.25, -0.2) is 0 Å². The van der Waals surface area contributed by atoms with Crippen molar-refractivity contribution in [1.29, 1.82) is 5.26 Å². The van der Waals surface area contributed by atoms with Gasteiger partial charge in [0.1, 0.15) is 5.75 Å². The summed E-state index contributed by atoms with van der Waals surface area (Å²) in [4.78, 5) is 0. The van der Waals surface area contributed by atoms with E-state index >= 15 is 0 Å². The summed E-state index contributed by atoms with van der Waals surface area (Å²) in [5.74, 6) is -0.0768. The van der Waals surface area contributed by atoms with Crippen LogP contribution in [-0.2, 0) is 0 Å². The van der Waals surface area contributed by atoms with Crippen LogP contribution in [0.1, 0.15) is 37.9 Å². The van der Waals surface area contributed by atoms with Crippen LogP contribution in [0.2, 0.25) is 0 Å². The van der Waals surface area contributed by atoms with Crippen molar-refractivity contribution in [3.8, 4) is 11.8 Å². The number of nitriles is 1. The lowest BCUT2D eigenvalue weighted by Crippen LogP contribution is -2.24. The maximum atomic E-state index is 12.2. The molecule has 3 nitrogen and oxygen atoms in total. The van der Waals surface area contributed by atoms with Crippen molar-refractivity contribution in [2.24, 2.45) is 11.3 Å². The van der Waals surface area contributed by atoms with Crippen LogP contribution in [0.4, 0.5) is 13.2 Å². The van der Waals surface area contributed by atoms with Gasteiger partial charge in [-0.1, -0.05) is 19.1 Å². The number of alkyl halides is 3. The Bertz CT molecular complexity index is 553. The molecule has 21 heavy (non-hydrogen) atoms. The van der Waals surface area contributed by atoms with Crippen LogP contribution in [0.25, 0.3) is 0 Å². The maximum Gasteiger partial charge on any atom is 0.573 e. The van der Waals surface area contributed by atoms with E-state index in [0.29, 0.717) is 18.8 Å². The van der Waals surface area contributed by atoms with Gasteiger partial charge in [0.05, 0.1) is 17.6 Å². The van der Waals surface area contributed by atoms with Gasteiger partial charge in [0.25, 0.3) is 0 Å². The van der Waals surface area contributed by atoms with Gasteiger partial charge in [0, 0.05) is 0 Å². The van der Waals surface area contributed by atoms with E-state index in [1.165, 1.54) is 18.2 Å². The van der Waals surface area contributed by atoms with Gasteiger partial charge < -0.3 is 9.84 Å². The van der Waals surface area contributed by atoms with Gasteiger partial charge in [-0.05, 0) is 42.9 Å². The fourth-order valence-corrected chi connectivity index (χ4v) is 2.94. The third-order valence-electron chi connectivity index (χ3n) is 3.95. The molecule has 6 heteroatoms. The van der Waals surface area contributed by atoms with Crippen molar-refractivity contribution < 1.29 is 23.0 Å². The summed E-state index contributed by atoms with van der Waals surface area (Å²) in [5, 5.41) is 19.9.